The number of aromatic nitrogens is 3. The molecule has 0 spiro atoms. The molecule has 2 aromatic heterocycles. The van der Waals surface area contributed by atoms with Gasteiger partial charge >= 0.3 is 5.69 Å². The normalized spacial score (nSPS) is 10.8. The molecular formula is C22H20N4O3. The smallest absolute Gasteiger partial charge is 0.355 e. The molecule has 0 aliphatic heterocycles. The maximum absolute atomic E-state index is 12.8. The Morgan fingerprint density at radius 1 is 1.00 bits per heavy atom. The van der Waals surface area contributed by atoms with Crippen molar-refractivity contribution < 1.29 is 9.52 Å². The molecule has 2 aromatic carbocycles. The van der Waals surface area contributed by atoms with Crippen molar-refractivity contribution in [2.75, 3.05) is 18.5 Å². The number of anilines is 1. The topological polar surface area (TPSA) is 93.2 Å². The summed E-state index contributed by atoms with van der Waals surface area (Å²) in [5, 5.41) is 11.9. The van der Waals surface area contributed by atoms with Crippen molar-refractivity contribution >= 4 is 5.82 Å². The van der Waals surface area contributed by atoms with Gasteiger partial charge in [-0.05, 0) is 19.1 Å². The van der Waals surface area contributed by atoms with Crippen LogP contribution in [0.5, 0.6) is 0 Å². The number of aliphatic hydroxyl groups excluding tert-OH is 1. The van der Waals surface area contributed by atoms with Gasteiger partial charge in [-0.15, -0.1) is 0 Å². The van der Waals surface area contributed by atoms with Crippen molar-refractivity contribution in [1.82, 2.24) is 14.5 Å². The van der Waals surface area contributed by atoms with Gasteiger partial charge in [-0.25, -0.2) is 9.36 Å². The van der Waals surface area contributed by atoms with Gasteiger partial charge in [0, 0.05) is 29.4 Å². The van der Waals surface area contributed by atoms with Crippen LogP contribution in [0, 0.1) is 6.92 Å². The molecule has 2 N–H and O–H groups in total. The first kappa shape index (κ1) is 18.6. The van der Waals surface area contributed by atoms with Crippen LogP contribution < -0.4 is 11.0 Å². The van der Waals surface area contributed by atoms with E-state index in [2.05, 4.69) is 15.3 Å². The first-order chi connectivity index (χ1) is 14.2. The molecule has 0 aliphatic carbocycles. The molecule has 0 radical (unpaired) electrons. The summed E-state index contributed by atoms with van der Waals surface area (Å²) in [6.45, 7) is 2.10. The Morgan fingerprint density at radius 3 is 2.31 bits per heavy atom. The quantitative estimate of drug-likeness (QED) is 0.527. The Labute approximate surface area is 167 Å². The van der Waals surface area contributed by atoms with Gasteiger partial charge in [-0.2, -0.15) is 9.97 Å². The van der Waals surface area contributed by atoms with Crippen LogP contribution >= 0.6 is 0 Å². The van der Waals surface area contributed by atoms with Crippen LogP contribution in [-0.2, 0) is 0 Å². The first-order valence-corrected chi connectivity index (χ1v) is 9.24. The van der Waals surface area contributed by atoms with Gasteiger partial charge in [0.05, 0.1) is 6.61 Å². The number of benzene rings is 2. The van der Waals surface area contributed by atoms with Crippen molar-refractivity contribution in [3.63, 3.8) is 0 Å². The number of nitrogens with one attached hydrogen (secondary N) is 1. The van der Waals surface area contributed by atoms with E-state index in [1.54, 1.807) is 6.20 Å². The lowest BCUT2D eigenvalue weighted by atomic mass is 10.2. The van der Waals surface area contributed by atoms with Crippen molar-refractivity contribution in [3.8, 4) is 28.6 Å². The summed E-state index contributed by atoms with van der Waals surface area (Å²) in [7, 11) is 0. The van der Waals surface area contributed by atoms with Gasteiger partial charge in [0.25, 0.3) is 0 Å². The van der Waals surface area contributed by atoms with Crippen LogP contribution in [0.1, 0.15) is 5.56 Å². The zero-order valence-electron chi connectivity index (χ0n) is 15.9. The third kappa shape index (κ3) is 3.81. The van der Waals surface area contributed by atoms with Crippen molar-refractivity contribution in [3.05, 3.63) is 82.9 Å². The predicted molar refractivity (Wildman–Crippen MR) is 111 cm³/mol. The molecule has 4 rings (SSSR count). The molecule has 7 nitrogen and oxygen atoms in total. The molecular weight excluding hydrogens is 368 g/mol. The van der Waals surface area contributed by atoms with Crippen molar-refractivity contribution in [2.45, 2.75) is 6.92 Å². The molecule has 0 fully saturated rings. The SMILES string of the molecule is Cc1cn(-c2nc(-c3ccccc3)oc2-c2ccccc2)c(=O)nc1NCCO. The average molecular weight is 388 g/mol. The highest BCUT2D eigenvalue weighted by molar-refractivity contribution is 5.69. The Morgan fingerprint density at radius 2 is 1.66 bits per heavy atom. The van der Waals surface area contributed by atoms with Gasteiger partial charge in [0.1, 0.15) is 5.82 Å². The van der Waals surface area contributed by atoms with Crippen molar-refractivity contribution in [1.29, 1.82) is 0 Å². The van der Waals surface area contributed by atoms with E-state index in [1.165, 1.54) is 4.57 Å². The number of oxazole rings is 1. The first-order valence-electron chi connectivity index (χ1n) is 9.24. The summed E-state index contributed by atoms with van der Waals surface area (Å²) < 4.78 is 7.47. The molecule has 0 atom stereocenters. The Bertz CT molecular complexity index is 1170. The third-order valence-electron chi connectivity index (χ3n) is 4.41. The van der Waals surface area contributed by atoms with Crippen LogP contribution in [0.2, 0.25) is 0 Å². The van der Waals surface area contributed by atoms with E-state index in [4.69, 9.17) is 9.52 Å². The molecule has 0 amide bonds. The summed E-state index contributed by atoms with van der Waals surface area (Å²) >= 11 is 0. The van der Waals surface area contributed by atoms with E-state index in [-0.39, 0.29) is 6.61 Å². The second-order valence-corrected chi connectivity index (χ2v) is 6.48. The van der Waals surface area contributed by atoms with E-state index >= 15 is 0 Å². The minimum Gasteiger partial charge on any atom is -0.434 e. The number of rotatable bonds is 6. The van der Waals surface area contributed by atoms with E-state index < -0.39 is 5.69 Å². The summed E-state index contributed by atoms with van der Waals surface area (Å²) in [5.74, 6) is 1.73. The highest BCUT2D eigenvalue weighted by Crippen LogP contribution is 2.31. The second-order valence-electron chi connectivity index (χ2n) is 6.48. The molecule has 4 aromatic rings. The van der Waals surface area contributed by atoms with Crippen LogP contribution in [-0.4, -0.2) is 32.8 Å². The fourth-order valence-corrected chi connectivity index (χ4v) is 3.01. The molecule has 0 saturated heterocycles. The summed E-state index contributed by atoms with van der Waals surface area (Å²) in [6.07, 6.45) is 1.67. The van der Waals surface area contributed by atoms with Crippen LogP contribution in [0.4, 0.5) is 5.82 Å². The molecule has 0 aliphatic rings. The van der Waals surface area contributed by atoms with E-state index in [9.17, 15) is 4.79 Å². The van der Waals surface area contributed by atoms with E-state index in [0.29, 0.717) is 29.8 Å². The molecule has 2 heterocycles. The summed E-state index contributed by atoms with van der Waals surface area (Å²) in [6, 6.07) is 19.1. The molecule has 146 valence electrons. The maximum atomic E-state index is 12.8. The van der Waals surface area contributed by atoms with Crippen molar-refractivity contribution in [2.24, 2.45) is 0 Å². The van der Waals surface area contributed by atoms with Crippen LogP contribution in [0.25, 0.3) is 28.6 Å². The Balaban J connectivity index is 1.88. The largest absolute Gasteiger partial charge is 0.434 e. The number of aliphatic hydroxyl groups is 1. The molecule has 29 heavy (non-hydrogen) atoms. The van der Waals surface area contributed by atoms with Crippen LogP contribution in [0.3, 0.4) is 0 Å². The average Bonchev–Trinajstić information content (AvgIpc) is 3.20. The number of nitrogens with zero attached hydrogens (tertiary/aromatic N) is 3. The summed E-state index contributed by atoms with van der Waals surface area (Å²) in [5.41, 5.74) is 1.89. The maximum Gasteiger partial charge on any atom is 0.355 e. The zero-order valence-corrected chi connectivity index (χ0v) is 15.9. The predicted octanol–water partition coefficient (Wildman–Crippen LogP) is 3.27. The molecule has 0 bridgehead atoms. The van der Waals surface area contributed by atoms with E-state index in [1.807, 2.05) is 67.6 Å². The highest BCUT2D eigenvalue weighted by Gasteiger charge is 2.20. The fraction of sp³-hybridized carbons (Fsp3) is 0.136. The number of hydrogen-bond donors (Lipinski definition) is 2. The van der Waals surface area contributed by atoms with Gasteiger partial charge in [0.15, 0.2) is 11.6 Å². The zero-order chi connectivity index (χ0) is 20.2. The second kappa shape index (κ2) is 8.12. The summed E-state index contributed by atoms with van der Waals surface area (Å²) in [4.78, 5) is 21.5. The number of aryl methyl sites for hydroxylation is 1. The lowest BCUT2D eigenvalue weighted by Crippen LogP contribution is -2.24. The fourth-order valence-electron chi connectivity index (χ4n) is 3.01. The minimum atomic E-state index is -0.485. The van der Waals surface area contributed by atoms with Crippen LogP contribution in [0.15, 0.2) is 76.1 Å². The molecule has 0 saturated carbocycles. The van der Waals surface area contributed by atoms with Gasteiger partial charge in [0.2, 0.25) is 5.89 Å². The lowest BCUT2D eigenvalue weighted by molar-refractivity contribution is 0.311. The Hall–Kier alpha value is -3.71. The third-order valence-corrected chi connectivity index (χ3v) is 4.41. The van der Waals surface area contributed by atoms with Gasteiger partial charge < -0.3 is 14.8 Å². The lowest BCUT2D eigenvalue weighted by Gasteiger charge is -2.10. The number of hydrogen-bond acceptors (Lipinski definition) is 6. The van der Waals surface area contributed by atoms with Gasteiger partial charge in [-0.3, -0.25) is 0 Å². The monoisotopic (exact) mass is 388 g/mol. The Kier molecular flexibility index (Phi) is 5.22. The minimum absolute atomic E-state index is 0.0495. The van der Waals surface area contributed by atoms with E-state index in [0.717, 1.165) is 16.7 Å². The molecule has 7 heteroatoms. The standard InChI is InChI=1S/C22H20N4O3/c1-15-14-26(22(28)24-19(15)23-12-13-27)20-18(16-8-4-2-5-9-16)29-21(25-20)17-10-6-3-7-11-17/h2-11,14,27H,12-13H2,1H3,(H,23,24,28). The molecule has 0 unspecified atom stereocenters. The highest BCUT2D eigenvalue weighted by atomic mass is 16.4. The van der Waals surface area contributed by atoms with Gasteiger partial charge in [-0.1, -0.05) is 48.5 Å².